The molecule has 3 nitrogen and oxygen atoms in total. The maximum atomic E-state index is 6.01. The van der Waals surface area contributed by atoms with Crippen LogP contribution in [0.5, 0.6) is 0 Å². The van der Waals surface area contributed by atoms with Crippen molar-refractivity contribution in [3.63, 3.8) is 0 Å². The molecule has 0 atom stereocenters. The van der Waals surface area contributed by atoms with E-state index in [-0.39, 0.29) is 0 Å². The zero-order valence-electron chi connectivity index (χ0n) is 9.37. The van der Waals surface area contributed by atoms with E-state index < -0.39 is 0 Å². The summed E-state index contributed by atoms with van der Waals surface area (Å²) >= 11 is 6.01. The molecule has 0 radical (unpaired) electrons. The third-order valence-electron chi connectivity index (χ3n) is 2.41. The summed E-state index contributed by atoms with van der Waals surface area (Å²) in [4.78, 5) is 4.26. The van der Waals surface area contributed by atoms with Gasteiger partial charge in [-0.05, 0) is 31.5 Å². The Balaban J connectivity index is 2.49. The van der Waals surface area contributed by atoms with Gasteiger partial charge in [-0.15, -0.1) is 0 Å². The van der Waals surface area contributed by atoms with E-state index >= 15 is 0 Å². The molecule has 16 heavy (non-hydrogen) atoms. The number of anilines is 1. The van der Waals surface area contributed by atoms with Gasteiger partial charge in [0.25, 0.3) is 0 Å². The van der Waals surface area contributed by atoms with Crippen LogP contribution >= 0.6 is 11.6 Å². The van der Waals surface area contributed by atoms with Crippen LogP contribution in [0.4, 0.5) is 5.95 Å². The monoisotopic (exact) mass is 235 g/mol. The number of aromatic nitrogens is 2. The largest absolute Gasteiger partial charge is 0.356 e. The van der Waals surface area contributed by atoms with E-state index in [0.717, 1.165) is 23.2 Å². The molecule has 1 heterocycles. The maximum Gasteiger partial charge on any atom is 0.207 e. The fourth-order valence-electron chi connectivity index (χ4n) is 1.63. The van der Waals surface area contributed by atoms with Crippen molar-refractivity contribution in [2.75, 3.05) is 11.9 Å². The van der Waals surface area contributed by atoms with Crippen LogP contribution in [0.1, 0.15) is 12.5 Å². The smallest absolute Gasteiger partial charge is 0.207 e. The summed E-state index contributed by atoms with van der Waals surface area (Å²) in [6.45, 7) is 4.95. The highest BCUT2D eigenvalue weighted by Gasteiger charge is 2.06. The van der Waals surface area contributed by atoms with Gasteiger partial charge in [-0.3, -0.25) is 4.57 Å². The Morgan fingerprint density at radius 2 is 2.25 bits per heavy atom. The van der Waals surface area contributed by atoms with E-state index in [9.17, 15) is 0 Å². The van der Waals surface area contributed by atoms with Gasteiger partial charge in [0.05, 0.1) is 5.69 Å². The van der Waals surface area contributed by atoms with Crippen LogP contribution in [0.2, 0.25) is 5.02 Å². The molecule has 0 spiro atoms. The van der Waals surface area contributed by atoms with E-state index in [1.54, 1.807) is 6.20 Å². The average Bonchev–Trinajstić information content (AvgIpc) is 2.70. The second kappa shape index (κ2) is 4.58. The quantitative estimate of drug-likeness (QED) is 0.885. The van der Waals surface area contributed by atoms with Crippen LogP contribution in [-0.2, 0) is 0 Å². The third kappa shape index (κ3) is 2.04. The lowest BCUT2D eigenvalue weighted by molar-refractivity contribution is 1.01. The standard InChI is InChI=1S/C12H14ClN3/c1-3-14-12-15-6-7-16(12)11-8-10(13)5-4-9(11)2/h4-8H,3H2,1-2H3,(H,14,15). The van der Waals surface area contributed by atoms with Gasteiger partial charge >= 0.3 is 0 Å². The summed E-state index contributed by atoms with van der Waals surface area (Å²) in [5.74, 6) is 0.841. The fourth-order valence-corrected chi connectivity index (χ4v) is 1.80. The van der Waals surface area contributed by atoms with Crippen LogP contribution in [0.25, 0.3) is 5.69 Å². The summed E-state index contributed by atoms with van der Waals surface area (Å²) in [5.41, 5.74) is 2.22. The van der Waals surface area contributed by atoms with E-state index in [0.29, 0.717) is 0 Å². The first-order valence-corrected chi connectivity index (χ1v) is 5.64. The molecule has 0 aliphatic heterocycles. The van der Waals surface area contributed by atoms with Gasteiger partial charge in [0.1, 0.15) is 0 Å². The molecule has 1 aromatic heterocycles. The summed E-state index contributed by atoms with van der Waals surface area (Å²) in [6, 6.07) is 5.84. The van der Waals surface area contributed by atoms with Gasteiger partial charge in [-0.25, -0.2) is 4.98 Å². The molecule has 4 heteroatoms. The number of hydrogen-bond acceptors (Lipinski definition) is 2. The van der Waals surface area contributed by atoms with Crippen molar-refractivity contribution in [3.05, 3.63) is 41.2 Å². The van der Waals surface area contributed by atoms with Crippen molar-refractivity contribution in [2.45, 2.75) is 13.8 Å². The molecular formula is C12H14ClN3. The van der Waals surface area contributed by atoms with Crippen LogP contribution in [-0.4, -0.2) is 16.1 Å². The molecule has 0 amide bonds. The predicted octanol–water partition coefficient (Wildman–Crippen LogP) is 3.27. The van der Waals surface area contributed by atoms with Gasteiger partial charge in [-0.1, -0.05) is 17.7 Å². The first kappa shape index (κ1) is 11.0. The number of hydrogen-bond donors (Lipinski definition) is 1. The van der Waals surface area contributed by atoms with Gasteiger partial charge in [0.15, 0.2) is 0 Å². The Morgan fingerprint density at radius 3 is 3.00 bits per heavy atom. The van der Waals surface area contributed by atoms with Crippen molar-refractivity contribution >= 4 is 17.5 Å². The van der Waals surface area contributed by atoms with E-state index in [1.165, 1.54) is 5.56 Å². The molecule has 0 aliphatic rings. The lowest BCUT2D eigenvalue weighted by atomic mass is 10.2. The number of nitrogens with zero attached hydrogens (tertiary/aromatic N) is 2. The molecule has 0 fully saturated rings. The molecule has 0 unspecified atom stereocenters. The molecule has 2 rings (SSSR count). The zero-order valence-corrected chi connectivity index (χ0v) is 10.1. The SMILES string of the molecule is CCNc1nccn1-c1cc(Cl)ccc1C. The second-order valence-corrected chi connectivity index (χ2v) is 4.02. The second-order valence-electron chi connectivity index (χ2n) is 3.58. The Kier molecular flexibility index (Phi) is 3.15. The van der Waals surface area contributed by atoms with Crippen molar-refractivity contribution in [2.24, 2.45) is 0 Å². The number of benzene rings is 1. The highest BCUT2D eigenvalue weighted by atomic mass is 35.5. The van der Waals surface area contributed by atoms with E-state index in [2.05, 4.69) is 17.2 Å². The maximum absolute atomic E-state index is 6.01. The minimum atomic E-state index is 0.733. The Hall–Kier alpha value is -1.48. The van der Waals surface area contributed by atoms with Gasteiger partial charge in [0.2, 0.25) is 5.95 Å². The Bertz CT molecular complexity index is 491. The van der Waals surface area contributed by atoms with Crippen molar-refractivity contribution in [1.82, 2.24) is 9.55 Å². The summed E-state index contributed by atoms with van der Waals surface area (Å²) in [5, 5.41) is 3.94. The van der Waals surface area contributed by atoms with Crippen molar-refractivity contribution in [3.8, 4) is 5.69 Å². The minimum Gasteiger partial charge on any atom is -0.356 e. The summed E-state index contributed by atoms with van der Waals surface area (Å²) in [7, 11) is 0. The van der Waals surface area contributed by atoms with Crippen LogP contribution < -0.4 is 5.32 Å². The molecule has 84 valence electrons. The van der Waals surface area contributed by atoms with Crippen LogP contribution in [0.3, 0.4) is 0 Å². The molecule has 1 aromatic carbocycles. The fraction of sp³-hybridized carbons (Fsp3) is 0.250. The molecular weight excluding hydrogens is 222 g/mol. The highest BCUT2D eigenvalue weighted by Crippen LogP contribution is 2.22. The number of halogens is 1. The van der Waals surface area contributed by atoms with Crippen LogP contribution in [0, 0.1) is 6.92 Å². The molecule has 0 saturated carbocycles. The summed E-state index contributed by atoms with van der Waals surface area (Å²) < 4.78 is 2.00. The predicted molar refractivity (Wildman–Crippen MR) is 67.5 cm³/mol. The summed E-state index contributed by atoms with van der Waals surface area (Å²) in [6.07, 6.45) is 3.70. The first-order valence-electron chi connectivity index (χ1n) is 5.26. The average molecular weight is 236 g/mol. The highest BCUT2D eigenvalue weighted by molar-refractivity contribution is 6.30. The van der Waals surface area contributed by atoms with E-state index in [1.807, 2.05) is 35.9 Å². The third-order valence-corrected chi connectivity index (χ3v) is 2.64. The Morgan fingerprint density at radius 1 is 1.44 bits per heavy atom. The van der Waals surface area contributed by atoms with Gasteiger partial charge in [-0.2, -0.15) is 0 Å². The molecule has 1 N–H and O–H groups in total. The molecule has 0 bridgehead atoms. The van der Waals surface area contributed by atoms with Crippen molar-refractivity contribution < 1.29 is 0 Å². The number of nitrogens with one attached hydrogen (secondary N) is 1. The first-order chi connectivity index (χ1) is 7.72. The number of aryl methyl sites for hydroxylation is 1. The van der Waals surface area contributed by atoms with Crippen LogP contribution in [0.15, 0.2) is 30.6 Å². The molecule has 2 aromatic rings. The Labute approximate surface area is 100 Å². The lowest BCUT2D eigenvalue weighted by Crippen LogP contribution is -2.05. The topological polar surface area (TPSA) is 29.9 Å². The van der Waals surface area contributed by atoms with Crippen molar-refractivity contribution in [1.29, 1.82) is 0 Å². The zero-order chi connectivity index (χ0) is 11.5. The minimum absolute atomic E-state index is 0.733. The molecule has 0 aliphatic carbocycles. The van der Waals surface area contributed by atoms with Gasteiger partial charge in [0, 0.05) is 24.0 Å². The van der Waals surface area contributed by atoms with E-state index in [4.69, 9.17) is 11.6 Å². The normalized spacial score (nSPS) is 10.4. The van der Waals surface area contributed by atoms with Gasteiger partial charge < -0.3 is 5.32 Å². The lowest BCUT2D eigenvalue weighted by Gasteiger charge is -2.11. The number of imidazole rings is 1. The molecule has 0 saturated heterocycles. The number of rotatable bonds is 3.